The molecule has 0 aliphatic heterocycles. The number of nitrogens with zero attached hydrogens (tertiary/aromatic N) is 4. The molecule has 4 nitrogen and oxygen atoms in total. The topological polar surface area (TPSA) is 54.1 Å². The van der Waals surface area contributed by atoms with Gasteiger partial charge in [0, 0.05) is 22.4 Å². The largest absolute Gasteiger partial charge is 0.308 e. The summed E-state index contributed by atoms with van der Waals surface area (Å²) in [6.07, 6.45) is 0. The number of benzene rings is 9. The molecule has 0 amide bonds. The van der Waals surface area contributed by atoms with Crippen LogP contribution in [0.15, 0.2) is 194 Å². The highest BCUT2D eigenvalue weighted by molar-refractivity contribution is 6.12. The third-order valence-electron chi connectivity index (χ3n) is 12.3. The summed E-state index contributed by atoms with van der Waals surface area (Å²) in [4.78, 5) is 3.85. The van der Waals surface area contributed by atoms with Crippen LogP contribution >= 0.6 is 0 Å². The Morgan fingerprint density at radius 1 is 0.377 bits per heavy atom. The molecule has 0 bridgehead atoms. The summed E-state index contributed by atoms with van der Waals surface area (Å²) >= 11 is 0. The number of rotatable bonds is 6. The summed E-state index contributed by atoms with van der Waals surface area (Å²) in [6.45, 7) is 0. The van der Waals surface area contributed by atoms with E-state index in [4.69, 9.17) is 0 Å². The lowest BCUT2D eigenvalue weighted by Crippen LogP contribution is -2.32. The van der Waals surface area contributed by atoms with Crippen molar-refractivity contribution in [3.8, 4) is 34.4 Å². The third-order valence-corrected chi connectivity index (χ3v) is 12.3. The van der Waals surface area contributed by atoms with E-state index in [-0.39, 0.29) is 11.6 Å². The van der Waals surface area contributed by atoms with Gasteiger partial charge < -0.3 is 9.80 Å². The smallest absolute Gasteiger partial charge is 0.147 e. The summed E-state index contributed by atoms with van der Waals surface area (Å²) in [5, 5.41) is 21.3. The fraction of sp³-hybridized carbons (Fsp3) is 0.0182. The Hall–Kier alpha value is -8.32. The molecule has 0 unspecified atom stereocenters. The summed E-state index contributed by atoms with van der Waals surface area (Å²) in [7, 11) is 0. The average molecular weight is 787 g/mol. The minimum atomic E-state index is -0.813. The van der Waals surface area contributed by atoms with E-state index in [0.717, 1.165) is 66.7 Å². The molecule has 0 radical (unpaired) electrons. The first-order chi connectivity index (χ1) is 30.0. The molecule has 0 heterocycles. The minimum Gasteiger partial charge on any atom is -0.308 e. The second-order valence-corrected chi connectivity index (χ2v) is 15.3. The summed E-state index contributed by atoms with van der Waals surface area (Å²) in [6, 6.07) is 66.5. The molecule has 0 N–H and O–H groups in total. The second-order valence-electron chi connectivity index (χ2n) is 15.3. The van der Waals surface area contributed by atoms with E-state index in [1.807, 2.05) is 52.3 Å². The van der Waals surface area contributed by atoms with Gasteiger partial charge >= 0.3 is 0 Å². The summed E-state index contributed by atoms with van der Waals surface area (Å²) in [5.74, 6) is -0.748. The second kappa shape index (κ2) is 13.9. The van der Waals surface area contributed by atoms with Gasteiger partial charge in [-0.2, -0.15) is 10.5 Å². The van der Waals surface area contributed by atoms with E-state index in [2.05, 4.69) is 103 Å². The van der Waals surface area contributed by atoms with Gasteiger partial charge in [0.2, 0.25) is 0 Å². The first-order valence-corrected chi connectivity index (χ1v) is 20.0. The lowest BCUT2D eigenvalue weighted by Gasteiger charge is -2.41. The van der Waals surface area contributed by atoms with E-state index < -0.39 is 5.41 Å². The Labute approximate surface area is 351 Å². The van der Waals surface area contributed by atoms with Gasteiger partial charge in [-0.25, -0.2) is 8.78 Å². The monoisotopic (exact) mass is 786 g/mol. The highest BCUT2D eigenvalue weighted by atomic mass is 19.1. The molecule has 9 aromatic rings. The molecule has 286 valence electrons. The van der Waals surface area contributed by atoms with Crippen LogP contribution in [0.4, 0.5) is 42.9 Å². The first kappa shape index (κ1) is 35.8. The Bertz CT molecular complexity index is 3280. The molecule has 11 rings (SSSR count). The highest BCUT2D eigenvalue weighted by Crippen LogP contribution is 2.63. The van der Waals surface area contributed by atoms with E-state index in [0.29, 0.717) is 33.9 Å². The summed E-state index contributed by atoms with van der Waals surface area (Å²) < 4.78 is 32.0. The molecule has 0 saturated heterocycles. The van der Waals surface area contributed by atoms with Gasteiger partial charge in [-0.15, -0.1) is 0 Å². The van der Waals surface area contributed by atoms with E-state index >= 15 is 8.78 Å². The number of halogens is 2. The van der Waals surface area contributed by atoms with Crippen LogP contribution in [-0.4, -0.2) is 0 Å². The molecule has 9 aromatic carbocycles. The van der Waals surface area contributed by atoms with E-state index in [1.165, 1.54) is 12.1 Å². The van der Waals surface area contributed by atoms with E-state index in [9.17, 15) is 10.5 Å². The number of nitriles is 2. The van der Waals surface area contributed by atoms with Crippen LogP contribution in [0, 0.1) is 34.3 Å². The first-order valence-electron chi connectivity index (χ1n) is 20.0. The van der Waals surface area contributed by atoms with Gasteiger partial charge in [0.05, 0.1) is 45.7 Å². The van der Waals surface area contributed by atoms with Gasteiger partial charge in [-0.05, 0) is 141 Å². The molecular formula is C55H32F2N4. The van der Waals surface area contributed by atoms with Crippen molar-refractivity contribution in [3.63, 3.8) is 0 Å². The molecule has 2 aliphatic carbocycles. The Kier molecular flexibility index (Phi) is 8.17. The molecule has 2 aliphatic rings. The SMILES string of the molecule is N#Cc1ccc(N(c2ccc3c(c2)C2(c4ccccc4-c4ccccc42)c2cccc4c(N(c5ccc(C#N)cc5)c5ccccc5F)ccc-3c24)c2ccccc2F)cc1. The van der Waals surface area contributed by atoms with Crippen LogP contribution in [0.2, 0.25) is 0 Å². The molecule has 61 heavy (non-hydrogen) atoms. The third kappa shape index (κ3) is 5.26. The zero-order valence-corrected chi connectivity index (χ0v) is 32.5. The zero-order chi connectivity index (χ0) is 41.2. The van der Waals surface area contributed by atoms with Crippen molar-refractivity contribution in [2.45, 2.75) is 5.41 Å². The lowest BCUT2D eigenvalue weighted by molar-refractivity contribution is 0.628. The van der Waals surface area contributed by atoms with Crippen LogP contribution in [-0.2, 0) is 5.41 Å². The van der Waals surface area contributed by atoms with Gasteiger partial charge in [0.25, 0.3) is 0 Å². The van der Waals surface area contributed by atoms with Gasteiger partial charge in [-0.3, -0.25) is 0 Å². The maximum Gasteiger partial charge on any atom is 0.147 e. The van der Waals surface area contributed by atoms with Crippen molar-refractivity contribution in [1.82, 2.24) is 0 Å². The van der Waals surface area contributed by atoms with Crippen LogP contribution in [0.3, 0.4) is 0 Å². The Morgan fingerprint density at radius 2 is 0.852 bits per heavy atom. The number of fused-ring (bicyclic) bond motifs is 9. The maximum atomic E-state index is 16.0. The average Bonchev–Trinajstić information content (AvgIpc) is 3.61. The molecule has 1 spiro atoms. The fourth-order valence-electron chi connectivity index (χ4n) is 9.77. The van der Waals surface area contributed by atoms with Crippen molar-refractivity contribution in [2.24, 2.45) is 0 Å². The Morgan fingerprint density at radius 3 is 1.44 bits per heavy atom. The Balaban J connectivity index is 1.24. The van der Waals surface area contributed by atoms with Crippen molar-refractivity contribution >= 4 is 44.9 Å². The predicted octanol–water partition coefficient (Wildman–Crippen LogP) is 14.1. The molecule has 0 aromatic heterocycles. The maximum absolute atomic E-state index is 16.0. The van der Waals surface area contributed by atoms with Crippen LogP contribution < -0.4 is 9.80 Å². The van der Waals surface area contributed by atoms with Gasteiger partial charge in [0.1, 0.15) is 11.6 Å². The molecule has 0 fully saturated rings. The van der Waals surface area contributed by atoms with Crippen LogP contribution in [0.1, 0.15) is 33.4 Å². The number of para-hydroxylation sites is 2. The van der Waals surface area contributed by atoms with Crippen molar-refractivity contribution in [1.29, 1.82) is 10.5 Å². The van der Waals surface area contributed by atoms with Gasteiger partial charge in [0.15, 0.2) is 0 Å². The number of anilines is 6. The van der Waals surface area contributed by atoms with E-state index in [1.54, 1.807) is 48.5 Å². The quantitative estimate of drug-likeness (QED) is 0.168. The van der Waals surface area contributed by atoms with Crippen LogP contribution in [0.25, 0.3) is 33.0 Å². The van der Waals surface area contributed by atoms with Crippen molar-refractivity contribution in [3.05, 3.63) is 239 Å². The number of hydrogen-bond donors (Lipinski definition) is 0. The van der Waals surface area contributed by atoms with Crippen molar-refractivity contribution in [2.75, 3.05) is 9.80 Å². The number of hydrogen-bond acceptors (Lipinski definition) is 4. The van der Waals surface area contributed by atoms with Crippen molar-refractivity contribution < 1.29 is 8.78 Å². The molecule has 0 saturated carbocycles. The fourth-order valence-corrected chi connectivity index (χ4v) is 9.77. The lowest BCUT2D eigenvalue weighted by atomic mass is 9.61. The standard InChI is InChI=1S/C55H32F2N4/c56-49-16-5-7-18-52(49)60(37-24-20-35(33-58)21-25-37)39-28-29-42-43-30-31-51(61(53-19-8-6-17-50(53)57)38-26-22-36(34-59)23-27-38)44-12-9-15-47(54(43)44)55(48(42)32-39)45-13-3-1-10-40(45)41-11-2-4-14-46(41)55/h1-32H. The zero-order valence-electron chi connectivity index (χ0n) is 32.5. The normalized spacial score (nSPS) is 12.5. The predicted molar refractivity (Wildman–Crippen MR) is 239 cm³/mol. The minimum absolute atomic E-state index is 0.373. The van der Waals surface area contributed by atoms with Gasteiger partial charge in [-0.1, -0.05) is 103 Å². The molecule has 0 atom stereocenters. The molecule has 6 heteroatoms. The van der Waals surface area contributed by atoms with Crippen LogP contribution in [0.5, 0.6) is 0 Å². The molecular weight excluding hydrogens is 755 g/mol. The highest BCUT2D eigenvalue weighted by Gasteiger charge is 2.50. The summed E-state index contributed by atoms with van der Waals surface area (Å²) in [5.41, 5.74) is 12.6.